The molecular weight excluding hydrogens is 785 g/mol. The number of hydrogen-bond acceptors (Lipinski definition) is 3. The topological polar surface area (TPSA) is 17.4 Å². The highest BCUT2D eigenvalue weighted by Crippen LogP contribution is 2.61. The molecule has 0 radical (unpaired) electrons. The fourth-order valence-corrected chi connectivity index (χ4v) is 12.3. The summed E-state index contributed by atoms with van der Waals surface area (Å²) in [5.74, 6) is 1.73. The Bertz CT molecular complexity index is 3860. The van der Waals surface area contributed by atoms with Gasteiger partial charge in [0, 0.05) is 65.2 Å². The summed E-state index contributed by atoms with van der Waals surface area (Å²) >= 11 is 1.86. The number of rotatable bonds is 4. The van der Waals surface area contributed by atoms with E-state index in [0.717, 1.165) is 39.7 Å². The maximum Gasteiger partial charge on any atom is 0.134 e. The first-order valence-corrected chi connectivity index (χ1v) is 22.4. The van der Waals surface area contributed by atoms with Crippen LogP contribution in [0.2, 0.25) is 0 Å². The monoisotopic (exact) mass is 820 g/mol. The van der Waals surface area contributed by atoms with Gasteiger partial charge in [-0.15, -0.1) is 11.3 Å². The number of ether oxygens (including phenoxy) is 1. The summed E-state index contributed by atoms with van der Waals surface area (Å²) in [5, 5.41) is 7.55. The zero-order chi connectivity index (χ0) is 41.2. The number of benzene rings is 10. The van der Waals surface area contributed by atoms with E-state index in [0.29, 0.717) is 0 Å². The Morgan fingerprint density at radius 3 is 1.97 bits per heavy atom. The quantitative estimate of drug-likeness (QED) is 0.176. The molecule has 2 aliphatic rings. The Kier molecular flexibility index (Phi) is 7.20. The molecular formula is C59H36N2OS. The molecule has 4 heteroatoms. The van der Waals surface area contributed by atoms with Crippen LogP contribution in [-0.4, -0.2) is 4.57 Å². The number of fused-ring (bicyclic) bond motifs is 14. The molecule has 1 aliphatic carbocycles. The zero-order valence-electron chi connectivity index (χ0n) is 34.0. The SMILES string of the molecule is c1ccc(N(c2ccc3c(c2)Oc2ccccc2C32c3ccccc3-c3cccc4cccc2c34)c2ccc3c(c2)c2ccccc2n3-c2cccc3sc4ccccc4c23)cc1. The third kappa shape index (κ3) is 4.73. The van der Waals surface area contributed by atoms with Crippen LogP contribution in [0, 0.1) is 0 Å². The highest BCUT2D eigenvalue weighted by Gasteiger charge is 2.49. The second kappa shape index (κ2) is 13.0. The molecule has 10 aromatic carbocycles. The van der Waals surface area contributed by atoms with Crippen molar-refractivity contribution in [1.82, 2.24) is 4.57 Å². The largest absolute Gasteiger partial charge is 0.457 e. The van der Waals surface area contributed by atoms with E-state index in [1.165, 1.54) is 80.7 Å². The molecule has 1 spiro atoms. The molecule has 63 heavy (non-hydrogen) atoms. The molecule has 1 unspecified atom stereocenters. The lowest BCUT2D eigenvalue weighted by Gasteiger charge is -2.45. The van der Waals surface area contributed by atoms with E-state index in [9.17, 15) is 0 Å². The van der Waals surface area contributed by atoms with Crippen LogP contribution in [0.5, 0.6) is 11.5 Å². The molecule has 3 heterocycles. The fourth-order valence-electron chi connectivity index (χ4n) is 11.1. The lowest BCUT2D eigenvalue weighted by atomic mass is 9.58. The first-order chi connectivity index (χ1) is 31.3. The van der Waals surface area contributed by atoms with Gasteiger partial charge in [0.1, 0.15) is 11.5 Å². The summed E-state index contributed by atoms with van der Waals surface area (Å²) in [6, 6.07) is 80.1. The molecule has 294 valence electrons. The summed E-state index contributed by atoms with van der Waals surface area (Å²) in [6.45, 7) is 0. The fraction of sp³-hybridized carbons (Fsp3) is 0.0169. The van der Waals surface area contributed by atoms with Gasteiger partial charge in [0.25, 0.3) is 0 Å². The van der Waals surface area contributed by atoms with Crippen molar-refractivity contribution in [3.63, 3.8) is 0 Å². The van der Waals surface area contributed by atoms with Crippen LogP contribution in [0.15, 0.2) is 218 Å². The molecule has 2 aromatic heterocycles. The van der Waals surface area contributed by atoms with Gasteiger partial charge >= 0.3 is 0 Å². The number of aromatic nitrogens is 1. The third-order valence-corrected chi connectivity index (χ3v) is 14.8. The summed E-state index contributed by atoms with van der Waals surface area (Å²) in [6.07, 6.45) is 0. The molecule has 0 bridgehead atoms. The van der Waals surface area contributed by atoms with Gasteiger partial charge in [0.05, 0.1) is 22.1 Å². The summed E-state index contributed by atoms with van der Waals surface area (Å²) < 4.78 is 12.1. The molecule has 0 fully saturated rings. The highest BCUT2D eigenvalue weighted by molar-refractivity contribution is 7.25. The average molecular weight is 821 g/mol. The van der Waals surface area contributed by atoms with Gasteiger partial charge in [0.2, 0.25) is 0 Å². The van der Waals surface area contributed by atoms with Crippen molar-refractivity contribution >= 4 is 81.1 Å². The van der Waals surface area contributed by atoms with Crippen molar-refractivity contribution in [1.29, 1.82) is 0 Å². The van der Waals surface area contributed by atoms with Crippen molar-refractivity contribution in [3.05, 3.63) is 241 Å². The molecule has 0 N–H and O–H groups in total. The molecule has 1 aliphatic heterocycles. The van der Waals surface area contributed by atoms with Crippen LogP contribution in [0.1, 0.15) is 22.3 Å². The molecule has 12 aromatic rings. The number of para-hydroxylation sites is 3. The van der Waals surface area contributed by atoms with Gasteiger partial charge in [-0.1, -0.05) is 146 Å². The van der Waals surface area contributed by atoms with Gasteiger partial charge in [-0.2, -0.15) is 0 Å². The standard InChI is InChI=1S/C59H36N2OS/c1-2-17-38(18-3-1)60(39-32-34-51-45(35-39)42-20-5-9-26-50(42)61(51)52-27-14-30-56-58(52)44-21-6-11-29-55(44)63-56)40-31-33-48-54(36-40)62-53-28-10-8-24-47(53)59(48)46-23-7-4-19-41(46)43-22-12-15-37-16-13-25-49(59)57(37)43/h1-36H. The van der Waals surface area contributed by atoms with Crippen molar-refractivity contribution in [2.75, 3.05) is 4.90 Å². The summed E-state index contributed by atoms with van der Waals surface area (Å²) in [7, 11) is 0. The van der Waals surface area contributed by atoms with E-state index in [2.05, 4.69) is 228 Å². The predicted molar refractivity (Wildman–Crippen MR) is 263 cm³/mol. The minimum absolute atomic E-state index is 0.595. The Morgan fingerprint density at radius 1 is 0.397 bits per heavy atom. The van der Waals surface area contributed by atoms with Crippen molar-refractivity contribution in [2.45, 2.75) is 5.41 Å². The second-order valence-corrected chi connectivity index (χ2v) is 17.8. The van der Waals surface area contributed by atoms with Gasteiger partial charge in [-0.3, -0.25) is 0 Å². The molecule has 1 atom stereocenters. The van der Waals surface area contributed by atoms with Crippen LogP contribution in [0.3, 0.4) is 0 Å². The zero-order valence-corrected chi connectivity index (χ0v) is 34.8. The van der Waals surface area contributed by atoms with Gasteiger partial charge < -0.3 is 14.2 Å². The lowest BCUT2D eigenvalue weighted by molar-refractivity contribution is 0.435. The van der Waals surface area contributed by atoms with Gasteiger partial charge in [0.15, 0.2) is 0 Å². The lowest BCUT2D eigenvalue weighted by Crippen LogP contribution is -2.36. The van der Waals surface area contributed by atoms with E-state index in [4.69, 9.17) is 4.74 Å². The van der Waals surface area contributed by atoms with E-state index >= 15 is 0 Å². The van der Waals surface area contributed by atoms with E-state index in [1.807, 2.05) is 11.3 Å². The average Bonchev–Trinajstić information content (AvgIpc) is 3.89. The Morgan fingerprint density at radius 2 is 1.05 bits per heavy atom. The first-order valence-electron chi connectivity index (χ1n) is 21.6. The van der Waals surface area contributed by atoms with Gasteiger partial charge in [-0.25, -0.2) is 0 Å². The molecule has 0 saturated heterocycles. The maximum absolute atomic E-state index is 7.08. The van der Waals surface area contributed by atoms with Crippen molar-refractivity contribution in [2.24, 2.45) is 0 Å². The van der Waals surface area contributed by atoms with Crippen LogP contribution in [0.25, 0.3) is 69.6 Å². The number of thiophene rings is 1. The Labute approximate surface area is 367 Å². The summed E-state index contributed by atoms with van der Waals surface area (Å²) in [4.78, 5) is 2.38. The normalized spacial score (nSPS) is 14.9. The minimum Gasteiger partial charge on any atom is -0.457 e. The maximum atomic E-state index is 7.08. The number of nitrogens with zero attached hydrogens (tertiary/aromatic N) is 2. The van der Waals surface area contributed by atoms with Crippen LogP contribution < -0.4 is 9.64 Å². The number of hydrogen-bond donors (Lipinski definition) is 0. The molecule has 0 saturated carbocycles. The van der Waals surface area contributed by atoms with E-state index in [-0.39, 0.29) is 0 Å². The smallest absolute Gasteiger partial charge is 0.134 e. The number of anilines is 3. The van der Waals surface area contributed by atoms with E-state index < -0.39 is 5.41 Å². The van der Waals surface area contributed by atoms with Crippen LogP contribution in [0.4, 0.5) is 17.1 Å². The first kappa shape index (κ1) is 34.8. The molecule has 0 amide bonds. The molecule has 3 nitrogen and oxygen atoms in total. The van der Waals surface area contributed by atoms with Crippen molar-refractivity contribution < 1.29 is 4.74 Å². The highest BCUT2D eigenvalue weighted by atomic mass is 32.1. The van der Waals surface area contributed by atoms with E-state index in [1.54, 1.807) is 0 Å². The minimum atomic E-state index is -0.595. The summed E-state index contributed by atoms with van der Waals surface area (Å²) in [5.41, 5.74) is 13.5. The predicted octanol–water partition coefficient (Wildman–Crippen LogP) is 16.2. The Balaban J connectivity index is 1.00. The second-order valence-electron chi connectivity index (χ2n) is 16.8. The third-order valence-electron chi connectivity index (χ3n) is 13.6. The van der Waals surface area contributed by atoms with Crippen molar-refractivity contribution in [3.8, 4) is 28.3 Å². The van der Waals surface area contributed by atoms with Gasteiger partial charge in [-0.05, 0) is 99.8 Å². The van der Waals surface area contributed by atoms with Crippen LogP contribution in [-0.2, 0) is 5.41 Å². The van der Waals surface area contributed by atoms with Crippen LogP contribution >= 0.6 is 11.3 Å². The molecule has 14 rings (SSSR count). The Hall–Kier alpha value is -7.92.